The van der Waals surface area contributed by atoms with Gasteiger partial charge in [0.2, 0.25) is 0 Å². The Morgan fingerprint density at radius 1 is 0.571 bits per heavy atom. The minimum atomic E-state index is 0.840. The third kappa shape index (κ3) is 1.84. The van der Waals surface area contributed by atoms with Gasteiger partial charge in [-0.05, 0) is 57.9 Å². The van der Waals surface area contributed by atoms with Crippen molar-refractivity contribution in [2.75, 3.05) is 14.2 Å². The Kier molecular flexibility index (Phi) is 2.98. The lowest BCUT2D eigenvalue weighted by atomic mass is 9.89. The van der Waals surface area contributed by atoms with Gasteiger partial charge < -0.3 is 9.47 Å². The SMILES string of the molecule is COc1ccc2c(c1)c1cccc3c4cc(OC)ccc4c4ncnc2c4c13. The fraction of sp³-hybridized carbons (Fsp3) is 0.0833. The van der Waals surface area contributed by atoms with E-state index in [9.17, 15) is 0 Å². The van der Waals surface area contributed by atoms with Crippen LogP contribution in [0.4, 0.5) is 0 Å². The van der Waals surface area contributed by atoms with Gasteiger partial charge in [-0.3, -0.25) is 0 Å². The molecule has 0 aliphatic rings. The number of fused-ring (bicyclic) bond motifs is 6. The zero-order valence-corrected chi connectivity index (χ0v) is 15.5. The molecule has 0 N–H and O–H groups in total. The number of aromatic nitrogens is 2. The topological polar surface area (TPSA) is 44.2 Å². The highest BCUT2D eigenvalue weighted by molar-refractivity contribution is 6.38. The van der Waals surface area contributed by atoms with Gasteiger partial charge in [-0.25, -0.2) is 9.97 Å². The minimum Gasteiger partial charge on any atom is -0.497 e. The van der Waals surface area contributed by atoms with Crippen molar-refractivity contribution in [1.82, 2.24) is 9.97 Å². The highest BCUT2D eigenvalue weighted by atomic mass is 16.5. The molecule has 0 aliphatic heterocycles. The number of hydrogen-bond donors (Lipinski definition) is 0. The summed E-state index contributed by atoms with van der Waals surface area (Å²) in [6, 6.07) is 18.8. The molecular formula is C24H16N2O2. The molecular weight excluding hydrogens is 348 g/mol. The molecule has 1 heterocycles. The Hall–Kier alpha value is -3.66. The number of ether oxygens (including phenoxy) is 2. The van der Waals surface area contributed by atoms with E-state index < -0.39 is 0 Å². The quantitative estimate of drug-likeness (QED) is 0.292. The molecule has 134 valence electrons. The normalized spacial score (nSPS) is 11.9. The Labute approximate surface area is 160 Å². The Morgan fingerprint density at radius 3 is 1.61 bits per heavy atom. The van der Waals surface area contributed by atoms with Crippen LogP contribution in [0, 0.1) is 0 Å². The van der Waals surface area contributed by atoms with E-state index in [1.54, 1.807) is 20.5 Å². The Morgan fingerprint density at radius 2 is 1.11 bits per heavy atom. The Balaban J connectivity index is 2.00. The lowest BCUT2D eigenvalue weighted by Gasteiger charge is -2.16. The van der Waals surface area contributed by atoms with Crippen molar-refractivity contribution >= 4 is 54.1 Å². The molecule has 0 radical (unpaired) electrons. The number of nitrogens with zero attached hydrogens (tertiary/aromatic N) is 2. The van der Waals surface area contributed by atoms with Crippen molar-refractivity contribution in [3.8, 4) is 11.5 Å². The number of rotatable bonds is 2. The molecule has 0 bridgehead atoms. The number of hydrogen-bond acceptors (Lipinski definition) is 4. The van der Waals surface area contributed by atoms with Crippen molar-refractivity contribution in [2.24, 2.45) is 0 Å². The summed E-state index contributed by atoms with van der Waals surface area (Å²) in [5, 5.41) is 9.17. The van der Waals surface area contributed by atoms with Gasteiger partial charge in [0.1, 0.15) is 17.8 Å². The van der Waals surface area contributed by atoms with Crippen LogP contribution in [-0.4, -0.2) is 24.2 Å². The maximum Gasteiger partial charge on any atom is 0.119 e. The molecule has 0 saturated heterocycles. The summed E-state index contributed by atoms with van der Waals surface area (Å²) in [4.78, 5) is 9.36. The first-order valence-electron chi connectivity index (χ1n) is 9.16. The van der Waals surface area contributed by atoms with Crippen molar-refractivity contribution in [1.29, 1.82) is 0 Å². The van der Waals surface area contributed by atoms with Crippen LogP contribution in [0.1, 0.15) is 0 Å². The van der Waals surface area contributed by atoms with Gasteiger partial charge in [0.25, 0.3) is 0 Å². The molecule has 0 spiro atoms. The third-order valence-electron chi connectivity index (χ3n) is 5.71. The summed E-state index contributed by atoms with van der Waals surface area (Å²) < 4.78 is 11.0. The van der Waals surface area contributed by atoms with E-state index in [1.165, 1.54) is 16.2 Å². The summed E-state index contributed by atoms with van der Waals surface area (Å²) in [5.74, 6) is 1.68. The average molecular weight is 364 g/mol. The van der Waals surface area contributed by atoms with Crippen LogP contribution in [0.2, 0.25) is 0 Å². The van der Waals surface area contributed by atoms with Gasteiger partial charge in [-0.2, -0.15) is 0 Å². The van der Waals surface area contributed by atoms with Gasteiger partial charge >= 0.3 is 0 Å². The predicted molar refractivity (Wildman–Crippen MR) is 114 cm³/mol. The maximum atomic E-state index is 5.49. The lowest BCUT2D eigenvalue weighted by molar-refractivity contribution is 0.415. The summed E-state index contributed by atoms with van der Waals surface area (Å²) in [5.41, 5.74) is 1.95. The van der Waals surface area contributed by atoms with Gasteiger partial charge in [-0.15, -0.1) is 0 Å². The summed E-state index contributed by atoms with van der Waals surface area (Å²) in [6.45, 7) is 0. The molecule has 28 heavy (non-hydrogen) atoms. The first-order valence-corrected chi connectivity index (χ1v) is 9.16. The van der Waals surface area contributed by atoms with E-state index in [4.69, 9.17) is 9.47 Å². The zero-order valence-electron chi connectivity index (χ0n) is 15.5. The van der Waals surface area contributed by atoms with E-state index >= 15 is 0 Å². The number of benzene rings is 5. The second-order valence-corrected chi connectivity index (χ2v) is 7.00. The summed E-state index contributed by atoms with van der Waals surface area (Å²) >= 11 is 0. The van der Waals surface area contributed by atoms with Gasteiger partial charge in [0, 0.05) is 21.5 Å². The lowest BCUT2D eigenvalue weighted by Crippen LogP contribution is -1.94. The molecule has 0 amide bonds. The second kappa shape index (κ2) is 5.42. The highest BCUT2D eigenvalue weighted by Gasteiger charge is 2.18. The number of methoxy groups -OCH3 is 2. The maximum absolute atomic E-state index is 5.49. The minimum absolute atomic E-state index is 0.840. The van der Waals surface area contributed by atoms with E-state index in [0.717, 1.165) is 49.5 Å². The fourth-order valence-electron chi connectivity index (χ4n) is 4.46. The highest BCUT2D eigenvalue weighted by Crippen LogP contribution is 2.44. The van der Waals surface area contributed by atoms with E-state index in [1.807, 2.05) is 12.1 Å². The Bertz CT molecular complexity index is 1430. The second-order valence-electron chi connectivity index (χ2n) is 7.00. The van der Waals surface area contributed by atoms with E-state index in [0.29, 0.717) is 0 Å². The van der Waals surface area contributed by atoms with Crippen molar-refractivity contribution in [2.45, 2.75) is 0 Å². The predicted octanol–water partition coefficient (Wildman–Crippen LogP) is 5.70. The van der Waals surface area contributed by atoms with Crippen molar-refractivity contribution < 1.29 is 9.47 Å². The van der Waals surface area contributed by atoms with Crippen LogP contribution in [0.5, 0.6) is 11.5 Å². The molecule has 0 aliphatic carbocycles. The zero-order chi connectivity index (χ0) is 18.8. The van der Waals surface area contributed by atoms with Crippen LogP contribution < -0.4 is 9.47 Å². The monoisotopic (exact) mass is 364 g/mol. The molecule has 4 heteroatoms. The third-order valence-corrected chi connectivity index (χ3v) is 5.71. The first-order chi connectivity index (χ1) is 13.8. The first kappa shape index (κ1) is 15.4. The van der Waals surface area contributed by atoms with Crippen LogP contribution in [0.25, 0.3) is 54.1 Å². The molecule has 1 aromatic heterocycles. The van der Waals surface area contributed by atoms with E-state index in [-0.39, 0.29) is 0 Å². The van der Waals surface area contributed by atoms with Crippen molar-refractivity contribution in [3.05, 3.63) is 60.9 Å². The summed E-state index contributed by atoms with van der Waals surface area (Å²) in [6.07, 6.45) is 1.66. The molecule has 0 saturated carbocycles. The van der Waals surface area contributed by atoms with Crippen LogP contribution in [0.15, 0.2) is 60.9 Å². The van der Waals surface area contributed by atoms with Crippen LogP contribution in [-0.2, 0) is 0 Å². The molecule has 5 aromatic carbocycles. The molecule has 4 nitrogen and oxygen atoms in total. The standard InChI is InChI=1S/C24H16N2O2/c1-27-13-6-8-17-19(10-13)15-4-3-5-16-20-11-14(28-2)7-9-18(20)24-22(21(15)16)23(17)25-12-26-24/h3-12H,1-2H3. The van der Waals surface area contributed by atoms with Crippen molar-refractivity contribution in [3.63, 3.8) is 0 Å². The molecule has 0 unspecified atom stereocenters. The van der Waals surface area contributed by atoms with Gasteiger partial charge in [0.05, 0.1) is 25.3 Å². The van der Waals surface area contributed by atoms with Crippen LogP contribution in [0.3, 0.4) is 0 Å². The van der Waals surface area contributed by atoms with Crippen LogP contribution >= 0.6 is 0 Å². The van der Waals surface area contributed by atoms with Gasteiger partial charge in [-0.1, -0.05) is 18.2 Å². The van der Waals surface area contributed by atoms with Gasteiger partial charge in [0.15, 0.2) is 0 Å². The molecule has 6 rings (SSSR count). The van der Waals surface area contributed by atoms with E-state index in [2.05, 4.69) is 52.4 Å². The average Bonchev–Trinajstić information content (AvgIpc) is 2.77. The molecule has 0 fully saturated rings. The molecule has 6 aromatic rings. The largest absolute Gasteiger partial charge is 0.497 e. The molecule has 0 atom stereocenters. The smallest absolute Gasteiger partial charge is 0.119 e. The summed E-state index contributed by atoms with van der Waals surface area (Å²) in [7, 11) is 3.39. The fourth-order valence-corrected chi connectivity index (χ4v) is 4.46.